The Bertz CT molecular complexity index is 826. The highest BCUT2D eigenvalue weighted by molar-refractivity contribution is 7.14. The summed E-state index contributed by atoms with van der Waals surface area (Å²) in [6, 6.07) is 3.57. The Labute approximate surface area is 163 Å². The molecule has 0 saturated heterocycles. The van der Waals surface area contributed by atoms with Crippen molar-refractivity contribution in [3.05, 3.63) is 38.8 Å². The average Bonchev–Trinajstić information content (AvgIpc) is 3.18. The van der Waals surface area contributed by atoms with E-state index in [1.807, 2.05) is 30.7 Å². The van der Waals surface area contributed by atoms with E-state index in [0.717, 1.165) is 37.2 Å². The van der Waals surface area contributed by atoms with Crippen molar-refractivity contribution in [2.24, 2.45) is 5.92 Å². The molecule has 2 heterocycles. The van der Waals surface area contributed by atoms with Gasteiger partial charge in [0.2, 0.25) is 0 Å². The summed E-state index contributed by atoms with van der Waals surface area (Å²) in [4.78, 5) is 26.0. The van der Waals surface area contributed by atoms with Crippen LogP contribution in [0.4, 0.5) is 4.79 Å². The zero-order chi connectivity index (χ0) is 19.4. The fraction of sp³-hybridized carbons (Fsp3) is 0.526. The normalized spacial score (nSPS) is 15.9. The first-order valence-electron chi connectivity index (χ1n) is 9.39. The Balaban J connectivity index is 1.37. The summed E-state index contributed by atoms with van der Waals surface area (Å²) in [6.07, 6.45) is 4.01. The zero-order valence-corrected chi connectivity index (χ0v) is 16.9. The molecule has 0 fully saturated rings. The number of nitrogens with one attached hydrogen (secondary N) is 3. The number of hydrogen-bond acceptors (Lipinski definition) is 4. The van der Waals surface area contributed by atoms with Crippen molar-refractivity contribution in [1.82, 2.24) is 25.9 Å². The van der Waals surface area contributed by atoms with Gasteiger partial charge in [-0.25, -0.2) is 10.2 Å². The summed E-state index contributed by atoms with van der Waals surface area (Å²) < 4.78 is 1.93. The summed E-state index contributed by atoms with van der Waals surface area (Å²) in [5.74, 6) is 0.404. The third-order valence-corrected chi connectivity index (χ3v) is 6.01. The average molecular weight is 390 g/mol. The number of carbonyl (C=O) groups is 2. The largest absolute Gasteiger partial charge is 0.337 e. The summed E-state index contributed by atoms with van der Waals surface area (Å²) in [7, 11) is 0. The van der Waals surface area contributed by atoms with Crippen molar-refractivity contribution in [3.63, 3.8) is 0 Å². The molecule has 7 nitrogen and oxygen atoms in total. The first kappa shape index (κ1) is 19.4. The Hall–Kier alpha value is -2.35. The molecule has 146 valence electrons. The van der Waals surface area contributed by atoms with Gasteiger partial charge in [0.25, 0.3) is 5.91 Å². The highest BCUT2D eigenvalue weighted by Crippen LogP contribution is 2.32. The highest BCUT2D eigenvalue weighted by atomic mass is 32.1. The molecule has 27 heavy (non-hydrogen) atoms. The predicted molar refractivity (Wildman–Crippen MR) is 106 cm³/mol. The molecule has 0 bridgehead atoms. The number of nitrogens with zero attached hydrogens (tertiary/aromatic N) is 2. The van der Waals surface area contributed by atoms with Crippen LogP contribution in [0.25, 0.3) is 0 Å². The van der Waals surface area contributed by atoms with Crippen molar-refractivity contribution >= 4 is 23.3 Å². The van der Waals surface area contributed by atoms with Crippen LogP contribution in [0.2, 0.25) is 0 Å². The number of rotatable bonds is 5. The van der Waals surface area contributed by atoms with Crippen LogP contribution in [0, 0.1) is 19.8 Å². The van der Waals surface area contributed by atoms with Crippen LogP contribution in [0.1, 0.15) is 51.3 Å². The number of fused-ring (bicyclic) bond motifs is 1. The van der Waals surface area contributed by atoms with Crippen molar-refractivity contribution in [2.45, 2.75) is 53.0 Å². The molecule has 0 aliphatic heterocycles. The molecule has 8 heteroatoms. The molecule has 0 aromatic carbocycles. The lowest BCUT2D eigenvalue weighted by molar-refractivity contribution is 0.0940. The molecule has 1 unspecified atom stereocenters. The first-order chi connectivity index (χ1) is 12.9. The van der Waals surface area contributed by atoms with Crippen LogP contribution in [0.5, 0.6) is 0 Å². The summed E-state index contributed by atoms with van der Waals surface area (Å²) in [6.45, 7) is 7.46. The third kappa shape index (κ3) is 5.09. The van der Waals surface area contributed by atoms with Gasteiger partial charge in [-0.2, -0.15) is 5.10 Å². The Morgan fingerprint density at radius 2 is 2.11 bits per heavy atom. The Kier molecular flexibility index (Phi) is 6.15. The van der Waals surface area contributed by atoms with Gasteiger partial charge in [-0.05, 0) is 63.1 Å². The number of hydrogen-bond donors (Lipinski definition) is 3. The second kappa shape index (κ2) is 8.56. The smallest absolute Gasteiger partial charge is 0.333 e. The maximum Gasteiger partial charge on any atom is 0.333 e. The first-order valence-corrected chi connectivity index (χ1v) is 10.2. The number of aromatic nitrogens is 2. The van der Waals surface area contributed by atoms with E-state index in [-0.39, 0.29) is 5.91 Å². The van der Waals surface area contributed by atoms with E-state index in [4.69, 9.17) is 0 Å². The fourth-order valence-electron chi connectivity index (χ4n) is 3.37. The van der Waals surface area contributed by atoms with Crippen molar-refractivity contribution in [2.75, 3.05) is 6.54 Å². The molecule has 1 atom stereocenters. The molecule has 1 aliphatic rings. The minimum atomic E-state index is -0.411. The lowest BCUT2D eigenvalue weighted by Crippen LogP contribution is -2.47. The van der Waals surface area contributed by atoms with E-state index < -0.39 is 6.03 Å². The van der Waals surface area contributed by atoms with Gasteiger partial charge in [-0.15, -0.1) is 11.3 Å². The Morgan fingerprint density at radius 1 is 1.30 bits per heavy atom. The van der Waals surface area contributed by atoms with Crippen molar-refractivity contribution < 1.29 is 9.59 Å². The fourth-order valence-corrected chi connectivity index (χ4v) is 4.47. The van der Waals surface area contributed by atoms with Gasteiger partial charge < -0.3 is 5.32 Å². The molecule has 3 amide bonds. The SMILES string of the molecule is Cc1cc(C)n(CCCNC(=O)NNC(=O)c2cc3c(s2)CCC(C)C3)n1. The summed E-state index contributed by atoms with van der Waals surface area (Å²) in [5.41, 5.74) is 8.28. The van der Waals surface area contributed by atoms with E-state index in [0.29, 0.717) is 17.3 Å². The number of hydrazine groups is 1. The number of urea groups is 1. The van der Waals surface area contributed by atoms with E-state index >= 15 is 0 Å². The summed E-state index contributed by atoms with van der Waals surface area (Å²) >= 11 is 1.53. The molecular formula is C19H27N5O2S. The van der Waals surface area contributed by atoms with E-state index in [2.05, 4.69) is 28.2 Å². The number of aryl methyl sites for hydroxylation is 4. The van der Waals surface area contributed by atoms with Crippen molar-refractivity contribution in [1.29, 1.82) is 0 Å². The third-order valence-electron chi connectivity index (χ3n) is 4.78. The molecule has 1 aliphatic carbocycles. The van der Waals surface area contributed by atoms with Crippen LogP contribution in [-0.2, 0) is 19.4 Å². The van der Waals surface area contributed by atoms with Gasteiger partial charge in [-0.3, -0.25) is 14.9 Å². The molecule has 2 aromatic rings. The van der Waals surface area contributed by atoms with Gasteiger partial charge in [-0.1, -0.05) is 6.92 Å². The quantitative estimate of drug-likeness (QED) is 0.543. The lowest BCUT2D eigenvalue weighted by atomic mass is 9.90. The molecule has 0 saturated carbocycles. The predicted octanol–water partition coefficient (Wildman–Crippen LogP) is 2.72. The second-order valence-corrected chi connectivity index (χ2v) is 8.38. The zero-order valence-electron chi connectivity index (χ0n) is 16.1. The lowest BCUT2D eigenvalue weighted by Gasteiger charge is -2.16. The number of thiophene rings is 1. The minimum absolute atomic E-state index is 0.264. The van der Waals surface area contributed by atoms with Crippen LogP contribution in [0.3, 0.4) is 0 Å². The van der Waals surface area contributed by atoms with Crippen LogP contribution >= 0.6 is 11.3 Å². The van der Waals surface area contributed by atoms with E-state index in [9.17, 15) is 9.59 Å². The van der Waals surface area contributed by atoms with Crippen LogP contribution in [0.15, 0.2) is 12.1 Å². The Morgan fingerprint density at radius 3 is 2.85 bits per heavy atom. The second-order valence-electron chi connectivity index (χ2n) is 7.25. The van der Waals surface area contributed by atoms with Crippen molar-refractivity contribution in [3.8, 4) is 0 Å². The number of carbonyl (C=O) groups excluding carboxylic acids is 2. The molecule has 3 rings (SSSR count). The molecule has 0 radical (unpaired) electrons. The highest BCUT2D eigenvalue weighted by Gasteiger charge is 2.20. The van der Waals surface area contributed by atoms with Gasteiger partial charge in [0.1, 0.15) is 0 Å². The van der Waals surface area contributed by atoms with Gasteiger partial charge in [0.05, 0.1) is 10.6 Å². The monoisotopic (exact) mass is 389 g/mol. The molecule has 3 N–H and O–H groups in total. The van der Waals surface area contributed by atoms with Crippen LogP contribution in [-0.4, -0.2) is 28.3 Å². The molecule has 2 aromatic heterocycles. The topological polar surface area (TPSA) is 88.0 Å². The van der Waals surface area contributed by atoms with E-state index in [1.165, 1.54) is 28.2 Å². The standard InChI is InChI=1S/C19H27N5O2S/c1-12-5-6-16-15(9-12)11-17(27-16)18(25)21-22-19(26)20-7-4-8-24-14(3)10-13(2)23-24/h10-12H,4-9H2,1-3H3,(H,21,25)(H2,20,22,26). The summed E-state index contributed by atoms with van der Waals surface area (Å²) in [5, 5.41) is 7.12. The maximum absolute atomic E-state index is 12.2. The van der Waals surface area contributed by atoms with Gasteiger partial charge in [0.15, 0.2) is 0 Å². The molecule has 0 spiro atoms. The van der Waals surface area contributed by atoms with E-state index in [1.54, 1.807) is 0 Å². The van der Waals surface area contributed by atoms with Gasteiger partial charge in [0, 0.05) is 23.7 Å². The number of amides is 3. The molecular weight excluding hydrogens is 362 g/mol. The van der Waals surface area contributed by atoms with Crippen LogP contribution < -0.4 is 16.2 Å². The maximum atomic E-state index is 12.2. The minimum Gasteiger partial charge on any atom is -0.337 e. The van der Waals surface area contributed by atoms with Gasteiger partial charge >= 0.3 is 6.03 Å².